The first kappa shape index (κ1) is 17.8. The third kappa shape index (κ3) is 4.55. The van der Waals surface area contributed by atoms with Gasteiger partial charge in [0, 0.05) is 23.5 Å². The lowest BCUT2D eigenvalue weighted by Gasteiger charge is -2.09. The SMILES string of the molecule is Cc1cc(Cl)ccc1NC(=O)c1ccnc(NCc2ccc(F)cc2)n1. The van der Waals surface area contributed by atoms with Gasteiger partial charge in [-0.05, 0) is 54.4 Å². The number of carbonyl (C=O) groups is 1. The van der Waals surface area contributed by atoms with Crippen LogP contribution in [0.3, 0.4) is 0 Å². The third-order valence-electron chi connectivity index (χ3n) is 3.69. The molecule has 2 aromatic carbocycles. The maximum atomic E-state index is 12.9. The summed E-state index contributed by atoms with van der Waals surface area (Å²) in [6.07, 6.45) is 1.50. The molecular weight excluding hydrogens is 355 g/mol. The monoisotopic (exact) mass is 370 g/mol. The van der Waals surface area contributed by atoms with Gasteiger partial charge in [-0.15, -0.1) is 0 Å². The van der Waals surface area contributed by atoms with E-state index in [2.05, 4.69) is 20.6 Å². The Bertz CT molecular complexity index is 931. The summed E-state index contributed by atoms with van der Waals surface area (Å²) in [5.74, 6) is -0.321. The first-order valence-electron chi connectivity index (χ1n) is 7.90. The zero-order valence-corrected chi connectivity index (χ0v) is 14.7. The number of carbonyl (C=O) groups excluding carboxylic acids is 1. The molecule has 26 heavy (non-hydrogen) atoms. The molecule has 0 saturated carbocycles. The predicted molar refractivity (Wildman–Crippen MR) is 99.9 cm³/mol. The highest BCUT2D eigenvalue weighted by atomic mass is 35.5. The van der Waals surface area contributed by atoms with E-state index in [9.17, 15) is 9.18 Å². The summed E-state index contributed by atoms with van der Waals surface area (Å²) in [6, 6.07) is 12.9. The van der Waals surface area contributed by atoms with Crippen molar-refractivity contribution in [3.63, 3.8) is 0 Å². The van der Waals surface area contributed by atoms with E-state index >= 15 is 0 Å². The van der Waals surface area contributed by atoms with E-state index in [0.717, 1.165) is 11.1 Å². The molecule has 3 rings (SSSR count). The number of nitrogens with zero attached hydrogens (tertiary/aromatic N) is 2. The molecule has 132 valence electrons. The van der Waals surface area contributed by atoms with Crippen LogP contribution in [-0.4, -0.2) is 15.9 Å². The molecule has 0 unspecified atom stereocenters. The van der Waals surface area contributed by atoms with Crippen LogP contribution in [0.1, 0.15) is 21.6 Å². The van der Waals surface area contributed by atoms with E-state index in [-0.39, 0.29) is 17.4 Å². The molecule has 0 radical (unpaired) electrons. The topological polar surface area (TPSA) is 66.9 Å². The molecule has 3 aromatic rings. The molecule has 1 aromatic heterocycles. The third-order valence-corrected chi connectivity index (χ3v) is 3.92. The van der Waals surface area contributed by atoms with E-state index in [1.807, 2.05) is 6.92 Å². The number of halogens is 2. The summed E-state index contributed by atoms with van der Waals surface area (Å²) in [4.78, 5) is 20.7. The van der Waals surface area contributed by atoms with Crippen molar-refractivity contribution in [3.8, 4) is 0 Å². The quantitative estimate of drug-likeness (QED) is 0.696. The second-order valence-corrected chi connectivity index (χ2v) is 6.10. The van der Waals surface area contributed by atoms with Gasteiger partial charge in [0.05, 0.1) is 0 Å². The lowest BCUT2D eigenvalue weighted by Crippen LogP contribution is -2.16. The Morgan fingerprint density at radius 2 is 1.92 bits per heavy atom. The minimum atomic E-state index is -0.345. The number of aromatic nitrogens is 2. The van der Waals surface area contributed by atoms with Gasteiger partial charge < -0.3 is 10.6 Å². The van der Waals surface area contributed by atoms with E-state index in [0.29, 0.717) is 23.2 Å². The van der Waals surface area contributed by atoms with Gasteiger partial charge >= 0.3 is 0 Å². The molecular formula is C19H16ClFN4O. The lowest BCUT2D eigenvalue weighted by molar-refractivity contribution is 0.102. The molecule has 0 spiro atoms. The summed E-state index contributed by atoms with van der Waals surface area (Å²) in [7, 11) is 0. The molecule has 7 heteroatoms. The van der Waals surface area contributed by atoms with Gasteiger partial charge in [-0.2, -0.15) is 0 Å². The first-order chi connectivity index (χ1) is 12.5. The minimum absolute atomic E-state index is 0.232. The largest absolute Gasteiger partial charge is 0.350 e. The van der Waals surface area contributed by atoms with Crippen molar-refractivity contribution in [2.24, 2.45) is 0 Å². The summed E-state index contributed by atoms with van der Waals surface area (Å²) >= 11 is 5.92. The molecule has 1 heterocycles. The van der Waals surface area contributed by atoms with Crippen molar-refractivity contribution < 1.29 is 9.18 Å². The molecule has 2 N–H and O–H groups in total. The highest BCUT2D eigenvalue weighted by Gasteiger charge is 2.11. The van der Waals surface area contributed by atoms with E-state index in [4.69, 9.17) is 11.6 Å². The standard InChI is InChI=1S/C19H16ClFN4O/c1-12-10-14(20)4-7-16(12)24-18(26)17-8-9-22-19(25-17)23-11-13-2-5-15(21)6-3-13/h2-10H,11H2,1H3,(H,24,26)(H,22,23,25). The molecule has 1 amide bonds. The van der Waals surface area contributed by atoms with E-state index < -0.39 is 0 Å². The van der Waals surface area contributed by atoms with Gasteiger partial charge in [0.2, 0.25) is 5.95 Å². The van der Waals surface area contributed by atoms with Crippen molar-refractivity contribution in [2.75, 3.05) is 10.6 Å². The molecule has 0 aliphatic carbocycles. The fourth-order valence-corrected chi connectivity index (χ4v) is 2.53. The molecule has 0 atom stereocenters. The van der Waals surface area contributed by atoms with Crippen molar-refractivity contribution in [1.82, 2.24) is 9.97 Å². The van der Waals surface area contributed by atoms with Crippen LogP contribution >= 0.6 is 11.6 Å². The summed E-state index contributed by atoms with van der Waals surface area (Å²) in [5, 5.41) is 6.43. The number of amides is 1. The normalized spacial score (nSPS) is 10.4. The number of rotatable bonds is 5. The minimum Gasteiger partial charge on any atom is -0.350 e. The Morgan fingerprint density at radius 3 is 2.65 bits per heavy atom. The Balaban J connectivity index is 1.67. The molecule has 5 nitrogen and oxygen atoms in total. The lowest BCUT2D eigenvalue weighted by atomic mass is 10.2. The van der Waals surface area contributed by atoms with E-state index in [1.54, 1.807) is 30.3 Å². The Hall–Kier alpha value is -2.99. The van der Waals surface area contributed by atoms with Gasteiger partial charge in [-0.25, -0.2) is 14.4 Å². The Kier molecular flexibility index (Phi) is 5.43. The molecule has 0 saturated heterocycles. The first-order valence-corrected chi connectivity index (χ1v) is 8.28. The number of aryl methyl sites for hydroxylation is 1. The highest BCUT2D eigenvalue weighted by molar-refractivity contribution is 6.30. The zero-order valence-electron chi connectivity index (χ0n) is 14.0. The maximum Gasteiger partial charge on any atom is 0.274 e. The van der Waals surface area contributed by atoms with Crippen molar-refractivity contribution in [2.45, 2.75) is 13.5 Å². The van der Waals surface area contributed by atoms with Crippen LogP contribution in [0.25, 0.3) is 0 Å². The summed E-state index contributed by atoms with van der Waals surface area (Å²) in [6.45, 7) is 2.28. The second kappa shape index (κ2) is 7.93. The molecule has 0 bridgehead atoms. The Morgan fingerprint density at radius 1 is 1.15 bits per heavy atom. The number of nitrogens with one attached hydrogen (secondary N) is 2. The van der Waals surface area contributed by atoms with Gasteiger partial charge in [-0.1, -0.05) is 23.7 Å². The van der Waals surface area contributed by atoms with Crippen LogP contribution in [0.4, 0.5) is 16.0 Å². The zero-order chi connectivity index (χ0) is 18.5. The van der Waals surface area contributed by atoms with Gasteiger partial charge in [-0.3, -0.25) is 4.79 Å². The maximum absolute atomic E-state index is 12.9. The second-order valence-electron chi connectivity index (χ2n) is 5.66. The predicted octanol–water partition coefficient (Wildman–Crippen LogP) is 4.44. The fraction of sp³-hybridized carbons (Fsp3) is 0.105. The van der Waals surface area contributed by atoms with Crippen LogP contribution in [0.2, 0.25) is 5.02 Å². The number of anilines is 2. The van der Waals surface area contributed by atoms with Crippen LogP contribution in [0.5, 0.6) is 0 Å². The highest BCUT2D eigenvalue weighted by Crippen LogP contribution is 2.20. The molecule has 0 fully saturated rings. The smallest absolute Gasteiger partial charge is 0.274 e. The van der Waals surface area contributed by atoms with Gasteiger partial charge in [0.25, 0.3) is 5.91 Å². The summed E-state index contributed by atoms with van der Waals surface area (Å²) in [5.41, 5.74) is 2.63. The average Bonchev–Trinajstić information content (AvgIpc) is 2.64. The number of hydrogen-bond donors (Lipinski definition) is 2. The van der Waals surface area contributed by atoms with Gasteiger partial charge in [0.1, 0.15) is 11.5 Å². The number of hydrogen-bond acceptors (Lipinski definition) is 4. The van der Waals surface area contributed by atoms with Crippen molar-refractivity contribution in [3.05, 3.63) is 82.4 Å². The average molecular weight is 371 g/mol. The van der Waals surface area contributed by atoms with Crippen LogP contribution in [-0.2, 0) is 6.54 Å². The van der Waals surface area contributed by atoms with Crippen LogP contribution in [0.15, 0.2) is 54.7 Å². The van der Waals surface area contributed by atoms with Crippen molar-refractivity contribution >= 4 is 29.1 Å². The summed E-state index contributed by atoms with van der Waals surface area (Å²) < 4.78 is 12.9. The Labute approximate surface area is 155 Å². The van der Waals surface area contributed by atoms with Gasteiger partial charge in [0.15, 0.2) is 0 Å². The fourth-order valence-electron chi connectivity index (χ4n) is 2.31. The van der Waals surface area contributed by atoms with Crippen molar-refractivity contribution in [1.29, 1.82) is 0 Å². The number of benzene rings is 2. The van der Waals surface area contributed by atoms with Crippen LogP contribution < -0.4 is 10.6 Å². The van der Waals surface area contributed by atoms with Crippen LogP contribution in [0, 0.1) is 12.7 Å². The molecule has 0 aliphatic heterocycles. The molecule has 0 aliphatic rings. The van der Waals surface area contributed by atoms with E-state index in [1.165, 1.54) is 24.4 Å².